The van der Waals surface area contributed by atoms with Gasteiger partial charge in [0.2, 0.25) is 0 Å². The molecule has 0 unspecified atom stereocenters. The highest BCUT2D eigenvalue weighted by Crippen LogP contribution is 2.31. The number of carbonyl (C=O) groups is 1. The Balaban J connectivity index is 1.69. The summed E-state index contributed by atoms with van der Waals surface area (Å²) in [6.45, 7) is 1.17. The molecule has 2 aliphatic rings. The largest absolute Gasteiger partial charge is 0.351 e. The first-order chi connectivity index (χ1) is 10.6. The van der Waals surface area contributed by atoms with Crippen molar-refractivity contribution >= 4 is 17.6 Å². The van der Waals surface area contributed by atoms with Crippen LogP contribution in [0.1, 0.15) is 18.4 Å². The average Bonchev–Trinajstić information content (AvgIpc) is 2.89. The number of piperidine rings is 1. The van der Waals surface area contributed by atoms with Gasteiger partial charge in [0.1, 0.15) is 11.3 Å². The van der Waals surface area contributed by atoms with Crippen LogP contribution >= 0.6 is 11.6 Å². The molecule has 0 saturated carbocycles. The molecule has 2 heterocycles. The van der Waals surface area contributed by atoms with Gasteiger partial charge in [-0.3, -0.25) is 10.3 Å². The van der Waals surface area contributed by atoms with Crippen molar-refractivity contribution in [1.82, 2.24) is 10.4 Å². The zero-order chi connectivity index (χ0) is 15.6. The number of primary amides is 1. The Labute approximate surface area is 134 Å². The van der Waals surface area contributed by atoms with Gasteiger partial charge in [0, 0.05) is 36.5 Å². The van der Waals surface area contributed by atoms with E-state index in [1.54, 1.807) is 4.90 Å². The summed E-state index contributed by atoms with van der Waals surface area (Å²) < 4.78 is 0. The smallest absolute Gasteiger partial charge is 0.314 e. The van der Waals surface area contributed by atoms with Crippen LogP contribution in [0.5, 0.6) is 0 Å². The van der Waals surface area contributed by atoms with Crippen LogP contribution in [-0.2, 0) is 4.84 Å². The minimum Gasteiger partial charge on any atom is -0.351 e. The molecule has 1 spiro atoms. The molecule has 1 saturated heterocycles. The monoisotopic (exact) mass is 317 g/mol. The summed E-state index contributed by atoms with van der Waals surface area (Å²) in [7, 11) is 0. The first-order valence-electron chi connectivity index (χ1n) is 7.05. The summed E-state index contributed by atoms with van der Waals surface area (Å²) in [5.41, 5.74) is 9.33. The number of hydrogen-bond donors (Lipinski definition) is 2. The van der Waals surface area contributed by atoms with Crippen LogP contribution < -0.4 is 11.2 Å². The standard InChI is InChI=1S/C16H16ClN3O2/c17-13-3-1-2-12(10-13)4-5-14-11-16(22-19-14)6-8-20(9-7-16)15(18)21/h1-3,10-11,19H,6-9H2,(H2,18,21). The van der Waals surface area contributed by atoms with Gasteiger partial charge in [-0.15, -0.1) is 0 Å². The number of carbonyl (C=O) groups excluding carboxylic acids is 1. The number of rotatable bonds is 0. The molecule has 3 N–H and O–H groups in total. The van der Waals surface area contributed by atoms with Gasteiger partial charge in [0.05, 0.1) is 0 Å². The van der Waals surface area contributed by atoms with Gasteiger partial charge >= 0.3 is 6.03 Å². The maximum Gasteiger partial charge on any atom is 0.314 e. The van der Waals surface area contributed by atoms with E-state index in [1.807, 2.05) is 30.3 Å². The normalized spacial score (nSPS) is 19.1. The molecule has 0 aromatic heterocycles. The third-order valence-corrected chi connectivity index (χ3v) is 4.09. The zero-order valence-corrected chi connectivity index (χ0v) is 12.7. The number of allylic oxidation sites excluding steroid dienone is 1. The SMILES string of the molecule is NC(=O)N1CCC2(C=C(C#Cc3cccc(Cl)c3)NO2)CC1. The summed E-state index contributed by atoms with van der Waals surface area (Å²) >= 11 is 5.93. The minimum absolute atomic E-state index is 0.384. The van der Waals surface area contributed by atoms with Crippen molar-refractivity contribution in [3.63, 3.8) is 0 Å². The number of nitrogens with zero attached hydrogens (tertiary/aromatic N) is 1. The van der Waals surface area contributed by atoms with E-state index in [-0.39, 0.29) is 6.03 Å². The van der Waals surface area contributed by atoms with Crippen LogP contribution in [0.3, 0.4) is 0 Å². The Morgan fingerprint density at radius 2 is 2.14 bits per heavy atom. The number of likely N-dealkylation sites (tertiary alicyclic amines) is 1. The number of urea groups is 1. The third-order valence-electron chi connectivity index (χ3n) is 3.86. The fraction of sp³-hybridized carbons (Fsp3) is 0.312. The molecule has 2 aliphatic heterocycles. The lowest BCUT2D eigenvalue weighted by Gasteiger charge is -2.35. The summed E-state index contributed by atoms with van der Waals surface area (Å²) in [5.74, 6) is 6.09. The van der Waals surface area contributed by atoms with Crippen molar-refractivity contribution < 1.29 is 9.63 Å². The highest BCUT2D eigenvalue weighted by Gasteiger charge is 2.39. The van der Waals surface area contributed by atoms with Crippen LogP contribution in [0.2, 0.25) is 5.02 Å². The molecular weight excluding hydrogens is 302 g/mol. The molecule has 0 bridgehead atoms. The molecule has 0 radical (unpaired) electrons. The highest BCUT2D eigenvalue weighted by atomic mass is 35.5. The molecule has 3 rings (SSSR count). The molecule has 0 aliphatic carbocycles. The van der Waals surface area contributed by atoms with E-state index in [1.165, 1.54) is 0 Å². The second-order valence-corrected chi connectivity index (χ2v) is 5.85. The second kappa shape index (κ2) is 5.91. The Bertz CT molecular complexity index is 682. The molecule has 1 aromatic carbocycles. The Morgan fingerprint density at radius 1 is 1.36 bits per heavy atom. The van der Waals surface area contributed by atoms with Gasteiger partial charge in [-0.05, 0) is 30.2 Å². The number of hydroxylamine groups is 1. The lowest BCUT2D eigenvalue weighted by molar-refractivity contribution is -0.0672. The Hall–Kier alpha value is -2.16. The van der Waals surface area contributed by atoms with Crippen LogP contribution in [0.15, 0.2) is 36.0 Å². The van der Waals surface area contributed by atoms with E-state index in [9.17, 15) is 4.79 Å². The molecular formula is C16H16ClN3O2. The first kappa shape index (κ1) is 14.8. The number of halogens is 1. The first-order valence-corrected chi connectivity index (χ1v) is 7.43. The Kier molecular flexibility index (Phi) is 3.97. The molecule has 1 aromatic rings. The minimum atomic E-state index is -0.399. The van der Waals surface area contributed by atoms with Gasteiger partial charge in [0.25, 0.3) is 0 Å². The van der Waals surface area contributed by atoms with Crippen LogP contribution in [0.25, 0.3) is 0 Å². The molecule has 2 amide bonds. The van der Waals surface area contributed by atoms with Gasteiger partial charge in [0.15, 0.2) is 0 Å². The van der Waals surface area contributed by atoms with E-state index in [2.05, 4.69) is 17.3 Å². The molecule has 6 heteroatoms. The number of hydrogen-bond acceptors (Lipinski definition) is 3. The van der Waals surface area contributed by atoms with Crippen molar-refractivity contribution in [2.24, 2.45) is 5.73 Å². The predicted molar refractivity (Wildman–Crippen MR) is 83.8 cm³/mol. The molecule has 1 fully saturated rings. The quantitative estimate of drug-likeness (QED) is 0.719. The van der Waals surface area contributed by atoms with Crippen molar-refractivity contribution in [3.05, 3.63) is 46.6 Å². The summed E-state index contributed by atoms with van der Waals surface area (Å²) in [4.78, 5) is 18.5. The van der Waals surface area contributed by atoms with Gasteiger partial charge < -0.3 is 10.6 Å². The fourth-order valence-electron chi connectivity index (χ4n) is 2.60. The Morgan fingerprint density at radius 3 is 2.82 bits per heavy atom. The van der Waals surface area contributed by atoms with Crippen LogP contribution in [0, 0.1) is 11.8 Å². The number of benzene rings is 1. The van der Waals surface area contributed by atoms with Gasteiger partial charge in [-0.25, -0.2) is 4.79 Å². The van der Waals surface area contributed by atoms with E-state index < -0.39 is 5.60 Å². The highest BCUT2D eigenvalue weighted by molar-refractivity contribution is 6.30. The maximum absolute atomic E-state index is 11.2. The molecule has 0 atom stereocenters. The fourth-order valence-corrected chi connectivity index (χ4v) is 2.79. The zero-order valence-electron chi connectivity index (χ0n) is 11.9. The molecule has 5 nitrogen and oxygen atoms in total. The molecule has 114 valence electrons. The van der Waals surface area contributed by atoms with Crippen molar-refractivity contribution in [1.29, 1.82) is 0 Å². The summed E-state index contributed by atoms with van der Waals surface area (Å²) in [6.07, 6.45) is 3.39. The summed E-state index contributed by atoms with van der Waals surface area (Å²) in [6, 6.07) is 7.00. The topological polar surface area (TPSA) is 67.6 Å². The van der Waals surface area contributed by atoms with E-state index in [4.69, 9.17) is 22.2 Å². The van der Waals surface area contributed by atoms with Crippen molar-refractivity contribution in [2.75, 3.05) is 13.1 Å². The number of nitrogens with two attached hydrogens (primary N) is 1. The van der Waals surface area contributed by atoms with E-state index in [0.717, 1.165) is 11.3 Å². The summed E-state index contributed by atoms with van der Waals surface area (Å²) in [5, 5.41) is 0.659. The van der Waals surface area contributed by atoms with Gasteiger partial charge in [-0.1, -0.05) is 23.6 Å². The molecule has 22 heavy (non-hydrogen) atoms. The lowest BCUT2D eigenvalue weighted by Crippen LogP contribution is -2.48. The lowest BCUT2D eigenvalue weighted by atomic mass is 9.91. The van der Waals surface area contributed by atoms with Crippen molar-refractivity contribution in [2.45, 2.75) is 18.4 Å². The average molecular weight is 318 g/mol. The van der Waals surface area contributed by atoms with Crippen LogP contribution in [-0.4, -0.2) is 29.6 Å². The second-order valence-electron chi connectivity index (χ2n) is 5.41. The van der Waals surface area contributed by atoms with Crippen LogP contribution in [0.4, 0.5) is 4.79 Å². The maximum atomic E-state index is 11.2. The number of amides is 2. The van der Waals surface area contributed by atoms with E-state index in [0.29, 0.717) is 31.0 Å². The van der Waals surface area contributed by atoms with Crippen molar-refractivity contribution in [3.8, 4) is 11.8 Å². The predicted octanol–water partition coefficient (Wildman–Crippen LogP) is 2.02. The third kappa shape index (κ3) is 3.19. The number of nitrogens with one attached hydrogen (secondary N) is 1. The van der Waals surface area contributed by atoms with Gasteiger partial charge in [-0.2, -0.15) is 0 Å². The van der Waals surface area contributed by atoms with E-state index >= 15 is 0 Å².